The smallest absolute Gasteiger partial charge is 0.357 e. The lowest BCUT2D eigenvalue weighted by Gasteiger charge is -2.13. The van der Waals surface area contributed by atoms with Crippen molar-refractivity contribution in [2.75, 3.05) is 6.54 Å². The molecule has 2 heterocycles. The van der Waals surface area contributed by atoms with Crippen molar-refractivity contribution in [2.45, 2.75) is 20.0 Å². The molecule has 1 atom stereocenters. The lowest BCUT2D eigenvalue weighted by Crippen LogP contribution is -2.44. The third-order valence-corrected chi connectivity index (χ3v) is 4.81. The summed E-state index contributed by atoms with van der Waals surface area (Å²) in [7, 11) is 0. The van der Waals surface area contributed by atoms with Gasteiger partial charge in [-0.1, -0.05) is 24.3 Å². The van der Waals surface area contributed by atoms with Gasteiger partial charge < -0.3 is 10.1 Å². The quantitative estimate of drug-likeness (QED) is 0.606. The van der Waals surface area contributed by atoms with E-state index in [1.54, 1.807) is 13.0 Å². The fourth-order valence-electron chi connectivity index (χ4n) is 2.53. The zero-order valence-electron chi connectivity index (χ0n) is 15.9. The number of para-hydroxylation sites is 1. The number of benzene rings is 1. The maximum Gasteiger partial charge on any atom is 0.357 e. The Kier molecular flexibility index (Phi) is 6.40. The summed E-state index contributed by atoms with van der Waals surface area (Å²) in [6.07, 6.45) is -1.16. The minimum atomic E-state index is -1.16. The van der Waals surface area contributed by atoms with Crippen LogP contribution in [-0.4, -0.2) is 40.3 Å². The summed E-state index contributed by atoms with van der Waals surface area (Å²) < 4.78 is 6.76. The first-order valence-electron chi connectivity index (χ1n) is 8.98. The Labute approximate surface area is 171 Å². The largest absolute Gasteiger partial charge is 0.448 e. The van der Waals surface area contributed by atoms with Crippen molar-refractivity contribution in [2.24, 2.45) is 0 Å². The van der Waals surface area contributed by atoms with E-state index in [0.717, 1.165) is 4.88 Å². The van der Waals surface area contributed by atoms with Gasteiger partial charge in [0, 0.05) is 12.6 Å². The summed E-state index contributed by atoms with van der Waals surface area (Å²) in [6.45, 7) is 3.49. The van der Waals surface area contributed by atoms with E-state index in [0.29, 0.717) is 17.9 Å². The fourth-order valence-corrected chi connectivity index (χ4v) is 3.21. The van der Waals surface area contributed by atoms with E-state index in [1.165, 1.54) is 22.9 Å². The number of nitrogens with one attached hydrogen (secondary N) is 2. The van der Waals surface area contributed by atoms with Gasteiger partial charge in [0.25, 0.3) is 5.91 Å². The molecule has 0 saturated heterocycles. The molecule has 8 nitrogen and oxygen atoms in total. The van der Waals surface area contributed by atoms with Gasteiger partial charge >= 0.3 is 12.0 Å². The monoisotopic (exact) mass is 412 g/mol. The second kappa shape index (κ2) is 9.16. The molecular weight excluding hydrogens is 392 g/mol. The highest BCUT2D eigenvalue weighted by atomic mass is 32.1. The number of urea groups is 1. The number of nitrogens with zero attached hydrogens (tertiary/aromatic N) is 2. The van der Waals surface area contributed by atoms with Crippen molar-refractivity contribution < 1.29 is 19.1 Å². The number of carbonyl (C=O) groups excluding carboxylic acids is 3. The highest BCUT2D eigenvalue weighted by Gasteiger charge is 2.24. The van der Waals surface area contributed by atoms with E-state index >= 15 is 0 Å². The van der Waals surface area contributed by atoms with Gasteiger partial charge in [-0.25, -0.2) is 14.3 Å². The van der Waals surface area contributed by atoms with Crippen LogP contribution in [-0.2, 0) is 9.53 Å². The van der Waals surface area contributed by atoms with Crippen LogP contribution in [0.4, 0.5) is 4.79 Å². The van der Waals surface area contributed by atoms with Crippen molar-refractivity contribution in [1.29, 1.82) is 0 Å². The van der Waals surface area contributed by atoms with Gasteiger partial charge in [0.1, 0.15) is 5.69 Å². The number of aromatic nitrogens is 2. The minimum Gasteiger partial charge on any atom is -0.448 e. The van der Waals surface area contributed by atoms with E-state index in [9.17, 15) is 14.4 Å². The van der Waals surface area contributed by atoms with Crippen molar-refractivity contribution in [3.8, 4) is 16.3 Å². The topological polar surface area (TPSA) is 102 Å². The fraction of sp³-hybridized carbons (Fsp3) is 0.200. The van der Waals surface area contributed by atoms with Gasteiger partial charge in [-0.2, -0.15) is 5.10 Å². The van der Waals surface area contributed by atoms with Gasteiger partial charge in [-0.15, -0.1) is 11.3 Å². The number of ether oxygens (including phenoxy) is 1. The molecule has 0 bridgehead atoms. The molecular formula is C20H20N4O4S. The van der Waals surface area contributed by atoms with Gasteiger partial charge in [-0.05, 0) is 37.4 Å². The van der Waals surface area contributed by atoms with Crippen molar-refractivity contribution in [3.05, 3.63) is 59.6 Å². The van der Waals surface area contributed by atoms with Crippen LogP contribution < -0.4 is 10.6 Å². The number of esters is 1. The van der Waals surface area contributed by atoms with E-state index in [1.807, 2.05) is 47.8 Å². The van der Waals surface area contributed by atoms with Crippen LogP contribution in [0.25, 0.3) is 16.3 Å². The number of carbonyl (C=O) groups is 3. The first-order valence-corrected chi connectivity index (χ1v) is 9.86. The second-order valence-electron chi connectivity index (χ2n) is 6.04. The number of hydrogen-bond donors (Lipinski definition) is 2. The molecule has 0 radical (unpaired) electrons. The molecule has 0 saturated carbocycles. The number of rotatable bonds is 6. The Hall–Kier alpha value is -3.46. The number of amides is 3. The van der Waals surface area contributed by atoms with Gasteiger partial charge in [0.2, 0.25) is 0 Å². The molecule has 1 unspecified atom stereocenters. The minimum absolute atomic E-state index is 0.178. The molecule has 3 aromatic rings. The second-order valence-corrected chi connectivity index (χ2v) is 6.98. The summed E-state index contributed by atoms with van der Waals surface area (Å²) in [5.41, 5.74) is 1.48. The number of imide groups is 1. The first-order chi connectivity index (χ1) is 14.0. The normalized spacial score (nSPS) is 11.5. The third-order valence-electron chi connectivity index (χ3n) is 3.92. The van der Waals surface area contributed by atoms with E-state index in [2.05, 4.69) is 15.7 Å². The molecule has 0 fully saturated rings. The maximum absolute atomic E-state index is 12.8. The van der Waals surface area contributed by atoms with Crippen LogP contribution in [0.5, 0.6) is 0 Å². The van der Waals surface area contributed by atoms with E-state index in [-0.39, 0.29) is 5.69 Å². The number of hydrogen-bond acceptors (Lipinski definition) is 6. The maximum atomic E-state index is 12.8. The average Bonchev–Trinajstić information content (AvgIpc) is 3.38. The van der Waals surface area contributed by atoms with Crippen molar-refractivity contribution >= 4 is 29.2 Å². The first kappa shape index (κ1) is 20.3. The summed E-state index contributed by atoms with van der Waals surface area (Å²) in [4.78, 5) is 37.2. The van der Waals surface area contributed by atoms with Crippen molar-refractivity contribution in [1.82, 2.24) is 20.4 Å². The highest BCUT2D eigenvalue weighted by Crippen LogP contribution is 2.26. The Morgan fingerprint density at radius 1 is 1.17 bits per heavy atom. The molecule has 3 amide bonds. The zero-order valence-corrected chi connectivity index (χ0v) is 16.7. The molecule has 0 aliphatic heterocycles. The highest BCUT2D eigenvalue weighted by molar-refractivity contribution is 7.13. The molecule has 150 valence electrons. The predicted molar refractivity (Wildman–Crippen MR) is 109 cm³/mol. The van der Waals surface area contributed by atoms with Crippen LogP contribution >= 0.6 is 11.3 Å². The zero-order chi connectivity index (χ0) is 20.8. The molecule has 29 heavy (non-hydrogen) atoms. The lowest BCUT2D eigenvalue weighted by atomic mass is 10.3. The molecule has 0 aliphatic carbocycles. The summed E-state index contributed by atoms with van der Waals surface area (Å²) in [6, 6.07) is 13.9. The standard InChI is InChI=1S/C20H20N4O4S/c1-3-21-20(27)22-18(25)13(2)28-19(26)16-12-15(17-10-7-11-29-17)23-24(16)14-8-5-4-6-9-14/h4-13H,3H2,1-2H3,(H2,21,22,25,27). The molecule has 2 aromatic heterocycles. The molecule has 2 N–H and O–H groups in total. The Bertz CT molecular complexity index is 999. The number of thiophene rings is 1. The van der Waals surface area contributed by atoms with Crippen LogP contribution in [0.3, 0.4) is 0 Å². The van der Waals surface area contributed by atoms with Gasteiger partial charge in [-0.3, -0.25) is 10.1 Å². The SMILES string of the molecule is CCNC(=O)NC(=O)C(C)OC(=O)c1cc(-c2cccs2)nn1-c1ccccc1. The van der Waals surface area contributed by atoms with Crippen LogP contribution in [0, 0.1) is 0 Å². The van der Waals surface area contributed by atoms with Crippen molar-refractivity contribution in [3.63, 3.8) is 0 Å². The van der Waals surface area contributed by atoms with Crippen LogP contribution in [0.1, 0.15) is 24.3 Å². The molecule has 0 spiro atoms. The summed E-state index contributed by atoms with van der Waals surface area (Å²) >= 11 is 1.50. The Balaban J connectivity index is 1.84. The predicted octanol–water partition coefficient (Wildman–Crippen LogP) is 2.99. The Morgan fingerprint density at radius 2 is 1.93 bits per heavy atom. The molecule has 9 heteroatoms. The molecule has 3 rings (SSSR count). The summed E-state index contributed by atoms with van der Waals surface area (Å²) in [5, 5.41) is 11.0. The van der Waals surface area contributed by atoms with Gasteiger partial charge in [0.15, 0.2) is 11.8 Å². The van der Waals surface area contributed by atoms with Gasteiger partial charge in [0.05, 0.1) is 10.6 Å². The van der Waals surface area contributed by atoms with E-state index < -0.39 is 24.0 Å². The van der Waals surface area contributed by atoms with Crippen LogP contribution in [0.2, 0.25) is 0 Å². The molecule has 0 aliphatic rings. The van der Waals surface area contributed by atoms with E-state index in [4.69, 9.17) is 4.74 Å². The Morgan fingerprint density at radius 3 is 2.59 bits per heavy atom. The third kappa shape index (κ3) is 4.88. The summed E-state index contributed by atoms with van der Waals surface area (Å²) in [5.74, 6) is -1.43. The lowest BCUT2D eigenvalue weighted by molar-refractivity contribution is -0.127. The van der Waals surface area contributed by atoms with Crippen LogP contribution in [0.15, 0.2) is 53.9 Å². The average molecular weight is 412 g/mol. The molecule has 1 aromatic carbocycles.